The van der Waals surface area contributed by atoms with Crippen LogP contribution in [0.1, 0.15) is 6.92 Å². The lowest BCUT2D eigenvalue weighted by Gasteiger charge is -2.35. The van der Waals surface area contributed by atoms with Crippen molar-refractivity contribution in [2.24, 2.45) is 5.92 Å². The van der Waals surface area contributed by atoms with Crippen molar-refractivity contribution < 1.29 is 19.5 Å². The highest BCUT2D eigenvalue weighted by molar-refractivity contribution is 5.90. The summed E-state index contributed by atoms with van der Waals surface area (Å²) < 4.78 is 0. The number of nitriles is 1. The van der Waals surface area contributed by atoms with Crippen molar-refractivity contribution in [3.05, 3.63) is 0 Å². The fourth-order valence-corrected chi connectivity index (χ4v) is 1.81. The lowest BCUT2D eigenvalue weighted by Crippen LogP contribution is -2.61. The molecule has 0 radical (unpaired) electrons. The lowest BCUT2D eigenvalue weighted by atomic mass is 10.2. The predicted octanol–water partition coefficient (Wildman–Crippen LogP) is -0.917. The Kier molecular flexibility index (Phi) is 4.69. The summed E-state index contributed by atoms with van der Waals surface area (Å²) in [4.78, 5) is 36.7. The van der Waals surface area contributed by atoms with E-state index in [0.717, 1.165) is 4.90 Å². The molecule has 104 valence electrons. The molecule has 1 aliphatic rings. The minimum atomic E-state index is -1.17. The van der Waals surface area contributed by atoms with E-state index in [4.69, 9.17) is 10.4 Å². The summed E-state index contributed by atoms with van der Waals surface area (Å²) in [7, 11) is 1.47. The summed E-state index contributed by atoms with van der Waals surface area (Å²) in [6.45, 7) is 1.43. The Morgan fingerprint density at radius 3 is 2.84 bits per heavy atom. The third-order valence-electron chi connectivity index (χ3n) is 2.81. The highest BCUT2D eigenvalue weighted by Gasteiger charge is 2.36. The maximum Gasteiger partial charge on any atom is 0.328 e. The molecule has 0 aliphatic carbocycles. The van der Waals surface area contributed by atoms with E-state index >= 15 is 0 Å². The molecule has 19 heavy (non-hydrogen) atoms. The number of nitrogens with one attached hydrogen (secondary N) is 1. The van der Waals surface area contributed by atoms with Crippen LogP contribution in [0.5, 0.6) is 0 Å². The first-order valence-corrected chi connectivity index (χ1v) is 5.77. The summed E-state index contributed by atoms with van der Waals surface area (Å²) in [5, 5.41) is 20.1. The molecule has 1 aliphatic heterocycles. The minimum absolute atomic E-state index is 0.110. The van der Waals surface area contributed by atoms with Gasteiger partial charge in [0, 0.05) is 20.1 Å². The molecule has 0 saturated carbocycles. The van der Waals surface area contributed by atoms with Crippen molar-refractivity contribution in [3.8, 4) is 6.07 Å². The average molecular weight is 268 g/mol. The van der Waals surface area contributed by atoms with Gasteiger partial charge in [-0.3, -0.25) is 9.69 Å². The van der Waals surface area contributed by atoms with E-state index in [-0.39, 0.29) is 25.6 Å². The number of amides is 3. The van der Waals surface area contributed by atoms with Crippen LogP contribution in [0.15, 0.2) is 0 Å². The number of nitrogens with zero attached hydrogens (tertiary/aromatic N) is 3. The first kappa shape index (κ1) is 14.8. The molecular weight excluding hydrogens is 252 g/mol. The van der Waals surface area contributed by atoms with E-state index in [0.29, 0.717) is 0 Å². The maximum atomic E-state index is 12.1. The van der Waals surface area contributed by atoms with Gasteiger partial charge in [-0.1, -0.05) is 0 Å². The Hall–Kier alpha value is -2.30. The predicted molar refractivity (Wildman–Crippen MR) is 63.9 cm³/mol. The topological polar surface area (TPSA) is 114 Å². The zero-order valence-corrected chi connectivity index (χ0v) is 10.8. The van der Waals surface area contributed by atoms with Crippen molar-refractivity contribution >= 4 is 17.9 Å². The highest BCUT2D eigenvalue weighted by atomic mass is 16.4. The van der Waals surface area contributed by atoms with Gasteiger partial charge < -0.3 is 15.3 Å². The molecule has 2 N–H and O–H groups in total. The second-order valence-corrected chi connectivity index (χ2v) is 4.48. The number of urea groups is 1. The quantitative estimate of drug-likeness (QED) is 0.687. The van der Waals surface area contributed by atoms with Crippen LogP contribution in [0.2, 0.25) is 0 Å². The van der Waals surface area contributed by atoms with Crippen LogP contribution in [-0.4, -0.2) is 65.5 Å². The monoisotopic (exact) mass is 268 g/mol. The molecule has 1 rings (SSSR count). The highest BCUT2D eigenvalue weighted by Crippen LogP contribution is 2.09. The zero-order valence-electron chi connectivity index (χ0n) is 10.8. The summed E-state index contributed by atoms with van der Waals surface area (Å²) >= 11 is 0. The smallest absolute Gasteiger partial charge is 0.328 e. The van der Waals surface area contributed by atoms with Gasteiger partial charge >= 0.3 is 12.0 Å². The van der Waals surface area contributed by atoms with Crippen molar-refractivity contribution in [1.82, 2.24) is 15.1 Å². The lowest BCUT2D eigenvalue weighted by molar-refractivity contribution is -0.144. The van der Waals surface area contributed by atoms with Gasteiger partial charge in [-0.2, -0.15) is 5.26 Å². The first-order valence-electron chi connectivity index (χ1n) is 5.77. The van der Waals surface area contributed by atoms with E-state index in [1.165, 1.54) is 11.9 Å². The van der Waals surface area contributed by atoms with E-state index in [9.17, 15) is 14.4 Å². The second kappa shape index (κ2) is 6.04. The van der Waals surface area contributed by atoms with Crippen LogP contribution < -0.4 is 5.32 Å². The molecule has 1 saturated heterocycles. The van der Waals surface area contributed by atoms with E-state index in [2.05, 4.69) is 5.32 Å². The number of piperazine rings is 1. The van der Waals surface area contributed by atoms with Gasteiger partial charge in [-0.25, -0.2) is 9.59 Å². The van der Waals surface area contributed by atoms with Crippen LogP contribution in [-0.2, 0) is 9.59 Å². The van der Waals surface area contributed by atoms with Gasteiger partial charge in [0.1, 0.15) is 12.6 Å². The molecule has 2 unspecified atom stereocenters. The fraction of sp³-hybridized carbons (Fsp3) is 0.636. The number of carbonyl (C=O) groups excluding carboxylic acids is 2. The van der Waals surface area contributed by atoms with Crippen LogP contribution in [0.25, 0.3) is 0 Å². The summed E-state index contributed by atoms with van der Waals surface area (Å²) in [6, 6.07) is 0.344. The maximum absolute atomic E-state index is 12.1. The van der Waals surface area contributed by atoms with E-state index < -0.39 is 23.9 Å². The number of hydrogen-bond donors (Lipinski definition) is 2. The molecule has 0 aromatic carbocycles. The fourth-order valence-electron chi connectivity index (χ4n) is 1.81. The number of carbonyl (C=O) groups is 3. The zero-order chi connectivity index (χ0) is 14.6. The third kappa shape index (κ3) is 3.58. The molecule has 2 atom stereocenters. The van der Waals surface area contributed by atoms with Crippen molar-refractivity contribution in [2.45, 2.75) is 13.0 Å². The molecule has 3 amide bonds. The van der Waals surface area contributed by atoms with Gasteiger partial charge in [-0.05, 0) is 6.92 Å². The number of hydrogen-bond acceptors (Lipinski definition) is 4. The summed E-state index contributed by atoms with van der Waals surface area (Å²) in [5.74, 6) is -1.93. The molecular formula is C11H16N4O4. The Morgan fingerprint density at radius 2 is 2.32 bits per heavy atom. The second-order valence-electron chi connectivity index (χ2n) is 4.48. The van der Waals surface area contributed by atoms with Crippen LogP contribution in [0.3, 0.4) is 0 Å². The number of rotatable bonds is 3. The molecule has 0 aromatic heterocycles. The van der Waals surface area contributed by atoms with Crippen molar-refractivity contribution in [1.29, 1.82) is 5.26 Å². The average Bonchev–Trinajstić information content (AvgIpc) is 2.36. The van der Waals surface area contributed by atoms with Crippen LogP contribution in [0.4, 0.5) is 4.79 Å². The molecule has 0 aromatic rings. The van der Waals surface area contributed by atoms with Crippen molar-refractivity contribution in [3.63, 3.8) is 0 Å². The SMILES string of the molecule is CC(C#N)CN(C)C(=O)N1CC(=O)NCC1C(=O)O. The van der Waals surface area contributed by atoms with Gasteiger partial charge in [0.25, 0.3) is 0 Å². The molecule has 1 fully saturated rings. The van der Waals surface area contributed by atoms with Gasteiger partial charge in [0.15, 0.2) is 0 Å². The summed E-state index contributed by atoms with van der Waals surface area (Å²) in [5.41, 5.74) is 0. The molecule has 0 spiro atoms. The standard InChI is InChI=1S/C11H16N4O4/c1-7(3-12)5-14(2)11(19)15-6-9(16)13-4-8(15)10(17)18/h7-8H,4-6H2,1-2H3,(H,13,16)(H,17,18). The van der Waals surface area contributed by atoms with Crippen LogP contribution >= 0.6 is 0 Å². The van der Waals surface area contributed by atoms with Gasteiger partial charge in [0.2, 0.25) is 5.91 Å². The Balaban J connectivity index is 2.79. The Labute approximate surface area is 110 Å². The van der Waals surface area contributed by atoms with E-state index in [1.54, 1.807) is 6.92 Å². The van der Waals surface area contributed by atoms with E-state index in [1.807, 2.05) is 6.07 Å². The normalized spacial score (nSPS) is 20.2. The Morgan fingerprint density at radius 1 is 1.68 bits per heavy atom. The molecule has 8 nitrogen and oxygen atoms in total. The molecule has 0 bridgehead atoms. The van der Waals surface area contributed by atoms with Crippen LogP contribution in [0, 0.1) is 17.2 Å². The minimum Gasteiger partial charge on any atom is -0.480 e. The Bertz CT molecular complexity index is 431. The summed E-state index contributed by atoms with van der Waals surface area (Å²) in [6.07, 6.45) is 0. The number of carboxylic acids is 1. The first-order chi connectivity index (χ1) is 8.86. The van der Waals surface area contributed by atoms with Gasteiger partial charge in [-0.15, -0.1) is 0 Å². The largest absolute Gasteiger partial charge is 0.480 e. The molecule has 1 heterocycles. The number of aliphatic carboxylic acids is 1. The van der Waals surface area contributed by atoms with Gasteiger partial charge in [0.05, 0.1) is 12.0 Å². The molecule has 8 heteroatoms. The third-order valence-corrected chi connectivity index (χ3v) is 2.81. The van der Waals surface area contributed by atoms with Crippen molar-refractivity contribution in [2.75, 3.05) is 26.7 Å². The number of carboxylic acid groups (broad SMARTS) is 1.